The fourth-order valence-corrected chi connectivity index (χ4v) is 2.04. The van der Waals surface area contributed by atoms with Crippen LogP contribution in [0.1, 0.15) is 33.6 Å². The second kappa shape index (κ2) is 6.28. The standard InChI is InChI=1S/C16H22N4O3/c1-9(14(21)19-15(22)20-16(3,4)5)17-11-6-7-13-12(8-11)18-10(2)23-13/h6-9,17H,1-5H3,(H2,19,20,21,22). The molecule has 1 unspecified atom stereocenters. The van der Waals surface area contributed by atoms with Crippen LogP contribution in [0.5, 0.6) is 0 Å². The predicted octanol–water partition coefficient (Wildman–Crippen LogP) is 2.56. The quantitative estimate of drug-likeness (QED) is 0.808. The molecule has 1 heterocycles. The molecule has 7 heteroatoms. The summed E-state index contributed by atoms with van der Waals surface area (Å²) < 4.78 is 5.40. The monoisotopic (exact) mass is 318 g/mol. The molecule has 124 valence electrons. The van der Waals surface area contributed by atoms with Crippen molar-refractivity contribution >= 4 is 28.7 Å². The van der Waals surface area contributed by atoms with E-state index in [0.29, 0.717) is 17.0 Å². The fourth-order valence-electron chi connectivity index (χ4n) is 2.04. The Bertz CT molecular complexity index is 730. The molecule has 2 rings (SSSR count). The highest BCUT2D eigenvalue weighted by Crippen LogP contribution is 2.20. The first kappa shape index (κ1) is 16.8. The van der Waals surface area contributed by atoms with E-state index in [2.05, 4.69) is 20.9 Å². The minimum absolute atomic E-state index is 0.406. The lowest BCUT2D eigenvalue weighted by Crippen LogP contribution is -2.51. The average molecular weight is 318 g/mol. The maximum Gasteiger partial charge on any atom is 0.321 e. The van der Waals surface area contributed by atoms with E-state index in [1.54, 1.807) is 32.0 Å². The molecule has 2 aromatic rings. The number of amides is 3. The van der Waals surface area contributed by atoms with E-state index in [9.17, 15) is 9.59 Å². The van der Waals surface area contributed by atoms with Gasteiger partial charge >= 0.3 is 6.03 Å². The van der Waals surface area contributed by atoms with Gasteiger partial charge in [-0.15, -0.1) is 0 Å². The number of fused-ring (bicyclic) bond motifs is 1. The molecular weight excluding hydrogens is 296 g/mol. The Labute approximate surface area is 134 Å². The van der Waals surface area contributed by atoms with Crippen molar-refractivity contribution in [2.24, 2.45) is 0 Å². The smallest absolute Gasteiger partial charge is 0.321 e. The van der Waals surface area contributed by atoms with Gasteiger partial charge in [-0.3, -0.25) is 10.1 Å². The van der Waals surface area contributed by atoms with Gasteiger partial charge in [0.15, 0.2) is 11.5 Å². The predicted molar refractivity (Wildman–Crippen MR) is 88.3 cm³/mol. The van der Waals surface area contributed by atoms with Crippen LogP contribution < -0.4 is 16.0 Å². The van der Waals surface area contributed by atoms with Crippen LogP contribution in [0, 0.1) is 6.92 Å². The van der Waals surface area contributed by atoms with E-state index < -0.39 is 23.5 Å². The number of carbonyl (C=O) groups is 2. The Morgan fingerprint density at radius 1 is 1.26 bits per heavy atom. The first-order valence-electron chi connectivity index (χ1n) is 7.41. The van der Waals surface area contributed by atoms with Gasteiger partial charge in [-0.25, -0.2) is 9.78 Å². The van der Waals surface area contributed by atoms with Gasteiger partial charge in [-0.2, -0.15) is 0 Å². The molecule has 0 radical (unpaired) electrons. The molecule has 0 saturated heterocycles. The van der Waals surface area contributed by atoms with E-state index in [-0.39, 0.29) is 0 Å². The molecule has 0 saturated carbocycles. The molecule has 0 bridgehead atoms. The van der Waals surface area contributed by atoms with E-state index in [1.807, 2.05) is 20.8 Å². The highest BCUT2D eigenvalue weighted by molar-refractivity contribution is 5.98. The number of imide groups is 1. The summed E-state index contributed by atoms with van der Waals surface area (Å²) >= 11 is 0. The Hall–Kier alpha value is -2.57. The number of benzene rings is 1. The summed E-state index contributed by atoms with van der Waals surface area (Å²) in [5, 5.41) is 8.02. The Balaban J connectivity index is 1.97. The van der Waals surface area contributed by atoms with Crippen molar-refractivity contribution in [2.75, 3.05) is 5.32 Å². The van der Waals surface area contributed by atoms with Gasteiger partial charge in [0.05, 0.1) is 0 Å². The lowest BCUT2D eigenvalue weighted by Gasteiger charge is -2.21. The zero-order chi connectivity index (χ0) is 17.2. The van der Waals surface area contributed by atoms with Crippen LogP contribution in [0.15, 0.2) is 22.6 Å². The number of nitrogens with zero attached hydrogens (tertiary/aromatic N) is 1. The van der Waals surface area contributed by atoms with Crippen LogP contribution >= 0.6 is 0 Å². The molecule has 0 spiro atoms. The molecule has 0 aliphatic rings. The summed E-state index contributed by atoms with van der Waals surface area (Å²) in [7, 11) is 0. The zero-order valence-corrected chi connectivity index (χ0v) is 14.0. The highest BCUT2D eigenvalue weighted by Gasteiger charge is 2.19. The van der Waals surface area contributed by atoms with Gasteiger partial charge in [-0.05, 0) is 45.9 Å². The summed E-state index contributed by atoms with van der Waals surface area (Å²) in [5.41, 5.74) is 1.72. The van der Waals surface area contributed by atoms with E-state index in [0.717, 1.165) is 5.69 Å². The number of carbonyl (C=O) groups excluding carboxylic acids is 2. The van der Waals surface area contributed by atoms with Crippen LogP contribution in [0.4, 0.5) is 10.5 Å². The van der Waals surface area contributed by atoms with Gasteiger partial charge in [0.25, 0.3) is 0 Å². The topological polar surface area (TPSA) is 96.3 Å². The number of aromatic nitrogens is 1. The molecular formula is C16H22N4O3. The van der Waals surface area contributed by atoms with Gasteiger partial charge in [0, 0.05) is 18.2 Å². The average Bonchev–Trinajstić information content (AvgIpc) is 2.75. The molecule has 0 fully saturated rings. The first-order chi connectivity index (χ1) is 10.6. The van der Waals surface area contributed by atoms with Gasteiger partial charge in [0.1, 0.15) is 11.6 Å². The number of hydrogen-bond acceptors (Lipinski definition) is 5. The molecule has 23 heavy (non-hydrogen) atoms. The summed E-state index contributed by atoms with van der Waals surface area (Å²) in [6.07, 6.45) is 0. The summed E-state index contributed by atoms with van der Waals surface area (Å²) in [6, 6.07) is 4.29. The minimum Gasteiger partial charge on any atom is -0.441 e. The molecule has 0 aliphatic heterocycles. The zero-order valence-electron chi connectivity index (χ0n) is 14.0. The van der Waals surface area contributed by atoms with Crippen LogP contribution in [-0.2, 0) is 4.79 Å². The van der Waals surface area contributed by atoms with Crippen molar-refractivity contribution in [3.05, 3.63) is 24.1 Å². The van der Waals surface area contributed by atoms with E-state index in [1.165, 1.54) is 0 Å². The number of urea groups is 1. The lowest BCUT2D eigenvalue weighted by molar-refractivity contribution is -0.120. The molecule has 1 atom stereocenters. The number of hydrogen-bond donors (Lipinski definition) is 3. The SMILES string of the molecule is Cc1nc2cc(NC(C)C(=O)NC(=O)NC(C)(C)C)ccc2o1. The molecule has 3 amide bonds. The van der Waals surface area contributed by atoms with Crippen molar-refractivity contribution in [2.45, 2.75) is 46.2 Å². The summed E-state index contributed by atoms with van der Waals surface area (Å²) in [4.78, 5) is 28.0. The number of aryl methyl sites for hydroxylation is 1. The Morgan fingerprint density at radius 3 is 2.61 bits per heavy atom. The third-order valence-corrected chi connectivity index (χ3v) is 3.00. The van der Waals surface area contributed by atoms with E-state index in [4.69, 9.17) is 4.42 Å². The van der Waals surface area contributed by atoms with Crippen molar-refractivity contribution in [3.63, 3.8) is 0 Å². The fraction of sp³-hybridized carbons (Fsp3) is 0.438. The molecule has 0 aliphatic carbocycles. The van der Waals surface area contributed by atoms with Gasteiger partial charge in [-0.1, -0.05) is 0 Å². The lowest BCUT2D eigenvalue weighted by atomic mass is 10.1. The minimum atomic E-state index is -0.578. The molecule has 1 aromatic carbocycles. The van der Waals surface area contributed by atoms with Crippen molar-refractivity contribution in [3.8, 4) is 0 Å². The Kier molecular flexibility index (Phi) is 4.58. The van der Waals surface area contributed by atoms with Crippen molar-refractivity contribution < 1.29 is 14.0 Å². The second-order valence-electron chi connectivity index (χ2n) is 6.47. The molecule has 3 N–H and O–H groups in total. The number of nitrogens with one attached hydrogen (secondary N) is 3. The van der Waals surface area contributed by atoms with Crippen LogP contribution in [-0.4, -0.2) is 28.5 Å². The van der Waals surface area contributed by atoms with Crippen LogP contribution in [0.3, 0.4) is 0 Å². The normalized spacial score (nSPS) is 12.7. The Morgan fingerprint density at radius 2 is 1.96 bits per heavy atom. The highest BCUT2D eigenvalue weighted by atomic mass is 16.3. The van der Waals surface area contributed by atoms with Crippen LogP contribution in [0.25, 0.3) is 11.1 Å². The maximum atomic E-state index is 12.0. The third-order valence-electron chi connectivity index (χ3n) is 3.00. The largest absolute Gasteiger partial charge is 0.441 e. The van der Waals surface area contributed by atoms with E-state index >= 15 is 0 Å². The second-order valence-corrected chi connectivity index (χ2v) is 6.47. The van der Waals surface area contributed by atoms with Crippen molar-refractivity contribution in [1.29, 1.82) is 0 Å². The first-order valence-corrected chi connectivity index (χ1v) is 7.41. The van der Waals surface area contributed by atoms with Crippen molar-refractivity contribution in [1.82, 2.24) is 15.6 Å². The van der Waals surface area contributed by atoms with Crippen LogP contribution in [0.2, 0.25) is 0 Å². The molecule has 7 nitrogen and oxygen atoms in total. The van der Waals surface area contributed by atoms with Gasteiger partial charge < -0.3 is 15.1 Å². The summed E-state index contributed by atoms with van der Waals surface area (Å²) in [6.45, 7) is 8.98. The number of anilines is 1. The summed E-state index contributed by atoms with van der Waals surface area (Å²) in [5.74, 6) is 0.171. The number of oxazole rings is 1. The van der Waals surface area contributed by atoms with Gasteiger partial charge in [0.2, 0.25) is 5.91 Å². The third kappa shape index (κ3) is 4.70. The molecule has 1 aromatic heterocycles. The number of rotatable bonds is 3. The maximum absolute atomic E-state index is 12.0.